The second-order valence-corrected chi connectivity index (χ2v) is 6.96. The number of rotatable bonds is 3. The third kappa shape index (κ3) is 3.35. The molecule has 0 aliphatic carbocycles. The van der Waals surface area contributed by atoms with E-state index in [0.29, 0.717) is 0 Å². The van der Waals surface area contributed by atoms with Gasteiger partial charge in [-0.05, 0) is 11.8 Å². The molecule has 0 amide bonds. The van der Waals surface area contributed by atoms with E-state index in [1.54, 1.807) is 0 Å². The molecule has 0 nitrogen and oxygen atoms in total. The number of halogens is 3. The zero-order valence-electron chi connectivity index (χ0n) is 9.02. The van der Waals surface area contributed by atoms with Crippen LogP contribution in [0.3, 0.4) is 0 Å². The standard InChI is InChI=1S/C9H19F3P2/c1-5(2)6(3)8(13,14)7(4)9(10,11)12/h5-7H,13-14H2,1-4H3. The van der Waals surface area contributed by atoms with E-state index in [1.165, 1.54) is 6.92 Å². The maximum Gasteiger partial charge on any atom is 0.392 e. The van der Waals surface area contributed by atoms with Gasteiger partial charge in [0.2, 0.25) is 0 Å². The van der Waals surface area contributed by atoms with Crippen LogP contribution in [-0.4, -0.2) is 11.1 Å². The van der Waals surface area contributed by atoms with Crippen molar-refractivity contribution >= 4 is 18.5 Å². The third-order valence-electron chi connectivity index (χ3n) is 3.03. The van der Waals surface area contributed by atoms with Crippen LogP contribution in [-0.2, 0) is 0 Å². The Morgan fingerprint density at radius 3 is 1.50 bits per heavy atom. The Balaban J connectivity index is 4.77. The summed E-state index contributed by atoms with van der Waals surface area (Å²) in [7, 11) is 4.69. The average Bonchev–Trinajstić information content (AvgIpc) is 1.99. The van der Waals surface area contributed by atoms with Crippen LogP contribution in [0.25, 0.3) is 0 Å². The summed E-state index contributed by atoms with van der Waals surface area (Å²) in [6.07, 6.45) is -4.13. The normalized spacial score (nSPS) is 18.4. The maximum absolute atomic E-state index is 12.5. The molecule has 0 bridgehead atoms. The van der Waals surface area contributed by atoms with Crippen molar-refractivity contribution in [2.75, 3.05) is 0 Å². The van der Waals surface area contributed by atoms with Gasteiger partial charge < -0.3 is 0 Å². The molecule has 4 unspecified atom stereocenters. The van der Waals surface area contributed by atoms with Gasteiger partial charge in [0.1, 0.15) is 0 Å². The van der Waals surface area contributed by atoms with Crippen molar-refractivity contribution in [3.8, 4) is 0 Å². The van der Waals surface area contributed by atoms with E-state index in [0.717, 1.165) is 0 Å². The molecular weight excluding hydrogens is 227 g/mol. The third-order valence-corrected chi connectivity index (χ3v) is 5.08. The molecule has 0 aliphatic rings. The molecule has 0 aliphatic heterocycles. The zero-order chi connectivity index (χ0) is 11.7. The topological polar surface area (TPSA) is 0 Å². The molecule has 0 heterocycles. The van der Waals surface area contributed by atoms with Crippen LogP contribution in [0.15, 0.2) is 0 Å². The second-order valence-electron chi connectivity index (χ2n) is 4.30. The molecule has 4 atom stereocenters. The predicted molar refractivity (Wildman–Crippen MR) is 61.4 cm³/mol. The van der Waals surface area contributed by atoms with Crippen molar-refractivity contribution < 1.29 is 13.2 Å². The minimum atomic E-state index is -4.13. The lowest BCUT2D eigenvalue weighted by Gasteiger charge is -2.40. The summed E-state index contributed by atoms with van der Waals surface area (Å²) in [5, 5.41) is 0. The molecule has 5 heteroatoms. The van der Waals surface area contributed by atoms with Crippen LogP contribution in [0.1, 0.15) is 27.7 Å². The summed E-state index contributed by atoms with van der Waals surface area (Å²) >= 11 is 0. The summed E-state index contributed by atoms with van der Waals surface area (Å²) in [5.74, 6) is -1.12. The van der Waals surface area contributed by atoms with Gasteiger partial charge in [-0.25, -0.2) is 0 Å². The molecule has 86 valence electrons. The largest absolute Gasteiger partial charge is 0.392 e. The summed E-state index contributed by atoms with van der Waals surface area (Å²) < 4.78 is 37.6. The van der Waals surface area contributed by atoms with Crippen LogP contribution in [0.4, 0.5) is 13.2 Å². The summed E-state index contributed by atoms with van der Waals surface area (Å²) in [6.45, 7) is 6.97. The lowest BCUT2D eigenvalue weighted by Crippen LogP contribution is -2.41. The lowest BCUT2D eigenvalue weighted by molar-refractivity contribution is -0.175. The predicted octanol–water partition coefficient (Wildman–Crippen LogP) is 3.92. The molecule has 0 saturated carbocycles. The number of alkyl halides is 3. The van der Waals surface area contributed by atoms with Crippen molar-refractivity contribution in [1.29, 1.82) is 0 Å². The van der Waals surface area contributed by atoms with E-state index < -0.39 is 17.0 Å². The smallest absolute Gasteiger partial charge is 0.171 e. The van der Waals surface area contributed by atoms with Gasteiger partial charge in [-0.15, -0.1) is 18.5 Å². The molecule has 0 fully saturated rings. The summed E-state index contributed by atoms with van der Waals surface area (Å²) in [6, 6.07) is 0. The SMILES string of the molecule is CC(C)C(C)C(P)(P)C(C)C(F)(F)F. The molecular formula is C9H19F3P2. The van der Waals surface area contributed by atoms with Crippen molar-refractivity contribution in [2.45, 2.75) is 38.8 Å². The summed E-state index contributed by atoms with van der Waals surface area (Å²) in [4.78, 5) is -0.869. The molecule has 0 spiro atoms. The quantitative estimate of drug-likeness (QED) is 0.662. The van der Waals surface area contributed by atoms with Gasteiger partial charge in [0, 0.05) is 4.90 Å². The van der Waals surface area contributed by atoms with E-state index in [1.807, 2.05) is 20.8 Å². The van der Waals surface area contributed by atoms with Crippen molar-refractivity contribution in [2.24, 2.45) is 17.8 Å². The number of hydrogen-bond acceptors (Lipinski definition) is 0. The molecule has 0 aromatic rings. The van der Waals surface area contributed by atoms with Gasteiger partial charge >= 0.3 is 6.18 Å². The van der Waals surface area contributed by atoms with Crippen LogP contribution in [0.2, 0.25) is 0 Å². The van der Waals surface area contributed by atoms with E-state index in [2.05, 4.69) is 18.5 Å². The summed E-state index contributed by atoms with van der Waals surface area (Å²) in [5.41, 5.74) is 0. The van der Waals surface area contributed by atoms with Crippen LogP contribution in [0, 0.1) is 17.8 Å². The molecule has 0 aromatic heterocycles. The van der Waals surface area contributed by atoms with Crippen molar-refractivity contribution in [3.05, 3.63) is 0 Å². The van der Waals surface area contributed by atoms with Gasteiger partial charge in [-0.2, -0.15) is 13.2 Å². The van der Waals surface area contributed by atoms with E-state index >= 15 is 0 Å². The second kappa shape index (κ2) is 4.66. The van der Waals surface area contributed by atoms with Gasteiger partial charge in [0.15, 0.2) is 0 Å². The molecule has 14 heavy (non-hydrogen) atoms. The Kier molecular flexibility index (Phi) is 4.88. The first-order chi connectivity index (χ1) is 6.01. The number of hydrogen-bond donors (Lipinski definition) is 0. The lowest BCUT2D eigenvalue weighted by atomic mass is 9.87. The molecule has 0 saturated heterocycles. The van der Waals surface area contributed by atoms with E-state index in [-0.39, 0.29) is 11.8 Å². The first-order valence-electron chi connectivity index (χ1n) is 4.65. The maximum atomic E-state index is 12.5. The minimum Gasteiger partial charge on any atom is -0.171 e. The molecule has 0 rings (SSSR count). The Hall–Kier alpha value is 0.650. The van der Waals surface area contributed by atoms with Crippen LogP contribution in [0.5, 0.6) is 0 Å². The Morgan fingerprint density at radius 1 is 0.929 bits per heavy atom. The van der Waals surface area contributed by atoms with E-state index in [4.69, 9.17) is 0 Å². The first-order valence-corrected chi connectivity index (χ1v) is 5.81. The Morgan fingerprint density at radius 2 is 1.29 bits per heavy atom. The highest BCUT2D eigenvalue weighted by atomic mass is 31.1. The van der Waals surface area contributed by atoms with Crippen molar-refractivity contribution in [3.63, 3.8) is 0 Å². The average molecular weight is 246 g/mol. The Labute approximate surface area is 88.8 Å². The fourth-order valence-corrected chi connectivity index (χ4v) is 2.40. The van der Waals surface area contributed by atoms with Crippen LogP contribution >= 0.6 is 18.5 Å². The van der Waals surface area contributed by atoms with Crippen molar-refractivity contribution in [1.82, 2.24) is 0 Å². The Bertz CT molecular complexity index is 187. The highest BCUT2D eigenvalue weighted by Gasteiger charge is 2.48. The van der Waals surface area contributed by atoms with Gasteiger partial charge in [-0.3, -0.25) is 0 Å². The van der Waals surface area contributed by atoms with Crippen LogP contribution < -0.4 is 0 Å². The highest BCUT2D eigenvalue weighted by molar-refractivity contribution is 7.40. The molecule has 0 aromatic carbocycles. The monoisotopic (exact) mass is 246 g/mol. The zero-order valence-corrected chi connectivity index (χ0v) is 11.3. The van der Waals surface area contributed by atoms with Gasteiger partial charge in [0.05, 0.1) is 5.92 Å². The fraction of sp³-hybridized carbons (Fsp3) is 1.00. The molecule has 0 radical (unpaired) electrons. The highest BCUT2D eigenvalue weighted by Crippen LogP contribution is 2.50. The first kappa shape index (κ1) is 14.6. The molecule has 0 N–H and O–H groups in total. The van der Waals surface area contributed by atoms with Gasteiger partial charge in [0.25, 0.3) is 0 Å². The van der Waals surface area contributed by atoms with Gasteiger partial charge in [-0.1, -0.05) is 27.7 Å². The fourth-order valence-electron chi connectivity index (χ4n) is 1.26. The van der Waals surface area contributed by atoms with E-state index in [9.17, 15) is 13.2 Å². The minimum absolute atomic E-state index is 0.0193.